The predicted molar refractivity (Wildman–Crippen MR) is 72.0 cm³/mol. The third kappa shape index (κ3) is 457. The molecule has 0 atom stereocenters. The van der Waals surface area contributed by atoms with Gasteiger partial charge >= 0.3 is 45.6 Å². The first-order valence-electron chi connectivity index (χ1n) is 2.40. The minimum absolute atomic E-state index is 0. The molecule has 20 heavy (non-hydrogen) atoms. The minimum Gasteiger partial charge on any atom is -0.373 e. The van der Waals surface area contributed by atoms with Crippen molar-refractivity contribution in [3.05, 3.63) is 95.8 Å². The number of nitrogens with zero attached hydrogens (tertiary/aromatic N) is 18. The SMILES string of the molecule is [Ga+3].[In+3].[N-]=[N+]=[N-].[N-]=[N+]=[N-].[N-]=[N+]=[N-].[N-]=[N+]=[N-].[N-]=[N+]=[N-].[N-]=[N+]=[N-]. The maximum atomic E-state index is 6.75. The van der Waals surface area contributed by atoms with E-state index in [1.807, 2.05) is 0 Å². The van der Waals surface area contributed by atoms with Gasteiger partial charge in [0.05, 0.1) is 0 Å². The molecule has 0 aromatic rings. The van der Waals surface area contributed by atoms with E-state index in [2.05, 4.69) is 0 Å². The monoisotopic (exact) mass is 436 g/mol. The Labute approximate surface area is 141 Å². The summed E-state index contributed by atoms with van der Waals surface area (Å²) in [5.74, 6) is 0. The maximum absolute atomic E-state index is 6.75. The Balaban J connectivity index is -0.0000000141. The van der Waals surface area contributed by atoms with Crippen molar-refractivity contribution in [2.24, 2.45) is 0 Å². The summed E-state index contributed by atoms with van der Waals surface area (Å²) in [7, 11) is 0. The fourth-order valence-electron chi connectivity index (χ4n) is 0. The van der Waals surface area contributed by atoms with Gasteiger partial charge in [-0.25, -0.2) is 0 Å². The van der Waals surface area contributed by atoms with Crippen LogP contribution in [0.25, 0.3) is 95.8 Å². The minimum atomic E-state index is 0. The van der Waals surface area contributed by atoms with Crippen LogP contribution in [0.3, 0.4) is 0 Å². The van der Waals surface area contributed by atoms with Crippen molar-refractivity contribution < 1.29 is 0 Å². The van der Waals surface area contributed by atoms with Gasteiger partial charge in [0.2, 0.25) is 0 Å². The van der Waals surface area contributed by atoms with E-state index < -0.39 is 0 Å². The fraction of sp³-hybridized carbons (Fsp3) is 0. The van der Waals surface area contributed by atoms with Crippen molar-refractivity contribution >= 4 is 45.6 Å². The van der Waals surface area contributed by atoms with E-state index in [1.54, 1.807) is 0 Å². The molecule has 0 amide bonds. The molecule has 0 bridgehead atoms. The van der Waals surface area contributed by atoms with Crippen LogP contribution < -0.4 is 0 Å². The van der Waals surface area contributed by atoms with E-state index in [1.165, 1.54) is 29.5 Å². The Morgan fingerprint density at radius 3 is 0.300 bits per heavy atom. The molecule has 0 aromatic carbocycles. The van der Waals surface area contributed by atoms with Crippen molar-refractivity contribution in [1.29, 1.82) is 0 Å². The van der Waals surface area contributed by atoms with E-state index in [4.69, 9.17) is 66.4 Å². The second-order valence-electron chi connectivity index (χ2n) is 0.537. The maximum Gasteiger partial charge on any atom is 3.00 e. The Kier molecular flexibility index (Phi) is 904. The summed E-state index contributed by atoms with van der Waals surface area (Å²) in [5, 5.41) is 0. The first-order chi connectivity index (χ1) is 8.49. The molecule has 0 saturated carbocycles. The topological polar surface area (TPSA) is 352 Å². The third-order valence-electron chi connectivity index (χ3n) is 0. The first kappa shape index (κ1) is 53.0. The Hall–Kier alpha value is -2.63. The van der Waals surface area contributed by atoms with Gasteiger partial charge in [-0.15, -0.1) is 0 Å². The zero-order valence-corrected chi connectivity index (χ0v) is 14.9. The van der Waals surface area contributed by atoms with Crippen LogP contribution in [0, 0.1) is 0 Å². The molecule has 0 spiro atoms. The van der Waals surface area contributed by atoms with Crippen molar-refractivity contribution in [3.8, 4) is 0 Å². The zero-order chi connectivity index (χ0) is 16.2. The van der Waals surface area contributed by atoms with Crippen LogP contribution in [-0.2, 0) is 0 Å². The summed E-state index contributed by atoms with van der Waals surface area (Å²) < 4.78 is 0. The zero-order valence-electron chi connectivity index (χ0n) is 9.20. The molecule has 0 aliphatic heterocycles. The summed E-state index contributed by atoms with van der Waals surface area (Å²) in [4.78, 5) is 9.00. The Morgan fingerprint density at radius 2 is 0.300 bits per heavy atom. The summed E-state index contributed by atoms with van der Waals surface area (Å²) in [6.45, 7) is 0. The van der Waals surface area contributed by atoms with E-state index in [9.17, 15) is 0 Å². The van der Waals surface area contributed by atoms with Crippen LogP contribution in [0.2, 0.25) is 0 Å². The molecule has 0 radical (unpaired) electrons. The van der Waals surface area contributed by atoms with Crippen LogP contribution in [0.1, 0.15) is 0 Å². The molecule has 0 rings (SSSR count). The Bertz CT molecular complexity index is 231. The quantitative estimate of drug-likeness (QED) is 0.220. The molecule has 0 unspecified atom stereocenters. The molecule has 0 saturated heterocycles. The molecular formula is GaInN18. The average molecular weight is 437 g/mol. The van der Waals surface area contributed by atoms with Crippen molar-refractivity contribution in [2.75, 3.05) is 0 Å². The second-order valence-corrected chi connectivity index (χ2v) is 0.537. The van der Waals surface area contributed by atoms with E-state index in [-0.39, 0.29) is 45.6 Å². The van der Waals surface area contributed by atoms with Gasteiger partial charge in [-0.2, -0.15) is 0 Å². The summed E-state index contributed by atoms with van der Waals surface area (Å²) >= 11 is 0. The van der Waals surface area contributed by atoms with Crippen LogP contribution in [-0.4, -0.2) is 45.6 Å². The van der Waals surface area contributed by atoms with Crippen LogP contribution in [0.4, 0.5) is 0 Å². The molecule has 18 nitrogen and oxygen atoms in total. The normalized spacial score (nSPS) is 2.40. The summed E-state index contributed by atoms with van der Waals surface area (Å²) in [6.07, 6.45) is 0. The Morgan fingerprint density at radius 1 is 0.300 bits per heavy atom. The third-order valence-corrected chi connectivity index (χ3v) is 0. The largest absolute Gasteiger partial charge is 3.00 e. The van der Waals surface area contributed by atoms with Gasteiger partial charge in [0.15, 0.2) is 0 Å². The van der Waals surface area contributed by atoms with Crippen molar-refractivity contribution in [3.63, 3.8) is 0 Å². The van der Waals surface area contributed by atoms with E-state index in [0.717, 1.165) is 0 Å². The molecule has 0 heterocycles. The van der Waals surface area contributed by atoms with Gasteiger partial charge in [0, 0.05) is 0 Å². The molecule has 0 fully saturated rings. The fourth-order valence-corrected chi connectivity index (χ4v) is 0. The molecule has 0 aliphatic rings. The van der Waals surface area contributed by atoms with Crippen LogP contribution in [0.15, 0.2) is 0 Å². The second kappa shape index (κ2) is 341. The van der Waals surface area contributed by atoms with Crippen LogP contribution >= 0.6 is 0 Å². The number of hydrogen-bond donors (Lipinski definition) is 0. The number of hydrogen-bond acceptors (Lipinski definition) is 0. The predicted octanol–water partition coefficient (Wildman–Crippen LogP) is 4.44. The molecule has 0 aliphatic carbocycles. The van der Waals surface area contributed by atoms with Crippen molar-refractivity contribution in [1.82, 2.24) is 0 Å². The van der Waals surface area contributed by atoms with Gasteiger partial charge < -0.3 is 66.4 Å². The smallest absolute Gasteiger partial charge is 0.373 e. The van der Waals surface area contributed by atoms with E-state index in [0.29, 0.717) is 0 Å². The molecule has 20 heteroatoms. The molecule has 0 aromatic heterocycles. The summed E-state index contributed by atoms with van der Waals surface area (Å²) in [6, 6.07) is 0. The van der Waals surface area contributed by atoms with Gasteiger partial charge in [-0.1, -0.05) is 0 Å². The molecular weight excluding hydrogens is 437 g/mol. The molecule has 96 valence electrons. The molecule has 0 N–H and O–H groups in total. The summed E-state index contributed by atoms with van der Waals surface area (Å²) in [5.41, 5.74) is 81.0. The van der Waals surface area contributed by atoms with E-state index >= 15 is 0 Å². The van der Waals surface area contributed by atoms with Crippen LogP contribution in [0.5, 0.6) is 0 Å². The average Bonchev–Trinajstić information content (AvgIpc) is 2.23. The first-order valence-corrected chi connectivity index (χ1v) is 2.40. The standard InChI is InChI=1S/Ga.In.6N3/c;;6*1-3-2/q2*+3;6*-1. The van der Waals surface area contributed by atoms with Gasteiger partial charge in [-0.3, -0.25) is 29.5 Å². The van der Waals surface area contributed by atoms with Gasteiger partial charge in [-0.05, 0) is 0 Å². The van der Waals surface area contributed by atoms with Gasteiger partial charge in [0.1, 0.15) is 0 Å². The van der Waals surface area contributed by atoms with Gasteiger partial charge in [0.25, 0.3) is 0 Å². The van der Waals surface area contributed by atoms with Crippen molar-refractivity contribution in [2.45, 2.75) is 0 Å². The number of rotatable bonds is 0.